The summed E-state index contributed by atoms with van der Waals surface area (Å²) in [5.41, 5.74) is 5.63. The molecule has 0 aliphatic carbocycles. The van der Waals surface area contributed by atoms with Crippen molar-refractivity contribution in [3.8, 4) is 0 Å². The normalized spacial score (nSPS) is 33.4. The molecule has 5 heteroatoms. The minimum atomic E-state index is 0.0840. The second-order valence-electron chi connectivity index (χ2n) is 6.21. The van der Waals surface area contributed by atoms with E-state index in [9.17, 15) is 4.79 Å². The Balaban J connectivity index is 1.83. The molecule has 3 unspecified atom stereocenters. The molecular formula is C14H27N3O2. The molecule has 0 bridgehead atoms. The highest BCUT2D eigenvalue weighted by Crippen LogP contribution is 2.21. The summed E-state index contributed by atoms with van der Waals surface area (Å²) in [4.78, 5) is 16.6. The number of nitrogens with zero attached hydrogens (tertiary/aromatic N) is 2. The van der Waals surface area contributed by atoms with Crippen LogP contribution >= 0.6 is 0 Å². The number of hydrogen-bond donors (Lipinski definition) is 1. The van der Waals surface area contributed by atoms with Crippen LogP contribution in [0.4, 0.5) is 0 Å². The van der Waals surface area contributed by atoms with E-state index in [1.165, 1.54) is 6.42 Å². The van der Waals surface area contributed by atoms with Gasteiger partial charge < -0.3 is 15.4 Å². The summed E-state index contributed by atoms with van der Waals surface area (Å²) in [5.74, 6) is 1.50. The molecule has 0 aromatic carbocycles. The molecule has 3 atom stereocenters. The molecule has 0 spiro atoms. The van der Waals surface area contributed by atoms with Crippen LogP contribution < -0.4 is 5.73 Å². The van der Waals surface area contributed by atoms with Crippen LogP contribution in [0.2, 0.25) is 0 Å². The van der Waals surface area contributed by atoms with E-state index >= 15 is 0 Å². The third-order valence-electron chi connectivity index (χ3n) is 4.07. The average Bonchev–Trinajstić information content (AvgIpc) is 2.37. The van der Waals surface area contributed by atoms with Gasteiger partial charge in [0.05, 0.1) is 19.3 Å². The number of rotatable bonds is 3. The molecule has 2 fully saturated rings. The number of hydrogen-bond acceptors (Lipinski definition) is 4. The molecule has 2 aliphatic heterocycles. The van der Waals surface area contributed by atoms with Gasteiger partial charge in [-0.2, -0.15) is 0 Å². The fraction of sp³-hybridized carbons (Fsp3) is 0.929. The van der Waals surface area contributed by atoms with Crippen molar-refractivity contribution in [2.24, 2.45) is 17.6 Å². The number of nitrogens with two attached hydrogens (primary N) is 1. The van der Waals surface area contributed by atoms with E-state index in [2.05, 4.69) is 18.7 Å². The first kappa shape index (κ1) is 14.8. The van der Waals surface area contributed by atoms with E-state index in [-0.39, 0.29) is 12.0 Å². The molecule has 2 N–H and O–H groups in total. The molecule has 2 rings (SSSR count). The van der Waals surface area contributed by atoms with Gasteiger partial charge in [-0.1, -0.05) is 13.8 Å². The smallest absolute Gasteiger partial charge is 0.236 e. The molecule has 0 aromatic heterocycles. The van der Waals surface area contributed by atoms with Crippen molar-refractivity contribution in [3.05, 3.63) is 0 Å². The number of carbonyl (C=O) groups is 1. The predicted molar refractivity (Wildman–Crippen MR) is 74.8 cm³/mol. The van der Waals surface area contributed by atoms with Crippen LogP contribution in [0.1, 0.15) is 20.3 Å². The van der Waals surface area contributed by atoms with E-state index in [1.54, 1.807) is 0 Å². The van der Waals surface area contributed by atoms with Crippen molar-refractivity contribution in [3.63, 3.8) is 0 Å². The van der Waals surface area contributed by atoms with Gasteiger partial charge in [-0.25, -0.2) is 0 Å². The van der Waals surface area contributed by atoms with Gasteiger partial charge in [0.15, 0.2) is 0 Å². The number of morpholine rings is 1. The third kappa shape index (κ3) is 4.16. The molecule has 110 valence electrons. The first-order valence-electron chi connectivity index (χ1n) is 7.40. The zero-order valence-electron chi connectivity index (χ0n) is 12.2. The minimum absolute atomic E-state index is 0.0840. The van der Waals surface area contributed by atoms with Crippen LogP contribution in [-0.2, 0) is 9.53 Å². The standard InChI is InChI=1S/C14H27N3O2/c1-11-5-12(2)8-17(7-11)14(18)10-16-3-4-19-13(6-15)9-16/h11-13H,3-10,15H2,1-2H3. The highest BCUT2D eigenvalue weighted by atomic mass is 16.5. The first-order chi connectivity index (χ1) is 9.08. The monoisotopic (exact) mass is 269 g/mol. The van der Waals surface area contributed by atoms with Crippen LogP contribution in [0.15, 0.2) is 0 Å². The van der Waals surface area contributed by atoms with Crippen molar-refractivity contribution < 1.29 is 9.53 Å². The molecule has 0 aromatic rings. The fourth-order valence-electron chi connectivity index (χ4n) is 3.22. The number of amides is 1. The number of carbonyl (C=O) groups excluding carboxylic acids is 1. The third-order valence-corrected chi connectivity index (χ3v) is 4.07. The molecule has 0 radical (unpaired) electrons. The van der Waals surface area contributed by atoms with Crippen LogP contribution in [0, 0.1) is 11.8 Å². The van der Waals surface area contributed by atoms with Crippen molar-refractivity contribution in [2.75, 3.05) is 45.9 Å². The molecule has 5 nitrogen and oxygen atoms in total. The Morgan fingerprint density at radius 2 is 1.95 bits per heavy atom. The number of piperidine rings is 1. The lowest BCUT2D eigenvalue weighted by Gasteiger charge is -2.37. The van der Waals surface area contributed by atoms with Gasteiger partial charge in [0.2, 0.25) is 5.91 Å². The average molecular weight is 269 g/mol. The van der Waals surface area contributed by atoms with Gasteiger partial charge in [-0.3, -0.25) is 9.69 Å². The Morgan fingerprint density at radius 3 is 2.58 bits per heavy atom. The molecule has 19 heavy (non-hydrogen) atoms. The van der Waals surface area contributed by atoms with Crippen LogP contribution in [0.3, 0.4) is 0 Å². The lowest BCUT2D eigenvalue weighted by atomic mass is 9.92. The lowest BCUT2D eigenvalue weighted by Crippen LogP contribution is -2.51. The van der Waals surface area contributed by atoms with Gasteiger partial charge in [0, 0.05) is 32.7 Å². The summed E-state index contributed by atoms with van der Waals surface area (Å²) < 4.78 is 5.53. The zero-order valence-corrected chi connectivity index (χ0v) is 12.2. The summed E-state index contributed by atoms with van der Waals surface area (Å²) in [6.45, 7) is 9.62. The minimum Gasteiger partial charge on any atom is -0.374 e. The Kier molecular flexibility index (Phi) is 5.19. The molecule has 2 heterocycles. The first-order valence-corrected chi connectivity index (χ1v) is 7.40. The molecule has 0 saturated carbocycles. The Bertz CT molecular complexity index is 301. The highest BCUT2D eigenvalue weighted by molar-refractivity contribution is 5.78. The summed E-state index contributed by atoms with van der Waals surface area (Å²) in [5, 5.41) is 0. The van der Waals surface area contributed by atoms with Crippen LogP contribution in [0.25, 0.3) is 0 Å². The molecular weight excluding hydrogens is 242 g/mol. The molecule has 2 aliphatic rings. The topological polar surface area (TPSA) is 58.8 Å². The van der Waals surface area contributed by atoms with Crippen molar-refractivity contribution in [2.45, 2.75) is 26.4 Å². The van der Waals surface area contributed by atoms with Gasteiger partial charge in [-0.15, -0.1) is 0 Å². The summed E-state index contributed by atoms with van der Waals surface area (Å²) in [6, 6.07) is 0. The molecule has 2 saturated heterocycles. The van der Waals surface area contributed by atoms with Gasteiger partial charge >= 0.3 is 0 Å². The Labute approximate surface area is 116 Å². The van der Waals surface area contributed by atoms with Crippen molar-refractivity contribution >= 4 is 5.91 Å². The maximum absolute atomic E-state index is 12.4. The maximum atomic E-state index is 12.4. The van der Waals surface area contributed by atoms with Gasteiger partial charge in [-0.05, 0) is 18.3 Å². The Morgan fingerprint density at radius 1 is 1.26 bits per heavy atom. The van der Waals surface area contributed by atoms with Crippen LogP contribution in [0.5, 0.6) is 0 Å². The van der Waals surface area contributed by atoms with E-state index in [0.717, 1.165) is 26.2 Å². The van der Waals surface area contributed by atoms with Crippen molar-refractivity contribution in [1.82, 2.24) is 9.80 Å². The SMILES string of the molecule is CC1CC(C)CN(C(=O)CN2CCOC(CN)C2)C1. The largest absolute Gasteiger partial charge is 0.374 e. The van der Waals surface area contributed by atoms with Gasteiger partial charge in [0.25, 0.3) is 0 Å². The second-order valence-corrected chi connectivity index (χ2v) is 6.21. The van der Waals surface area contributed by atoms with Crippen LogP contribution in [-0.4, -0.2) is 67.7 Å². The summed E-state index contributed by atoms with van der Waals surface area (Å²) >= 11 is 0. The van der Waals surface area contributed by atoms with Crippen molar-refractivity contribution in [1.29, 1.82) is 0 Å². The second kappa shape index (κ2) is 6.68. The molecule has 1 amide bonds. The lowest BCUT2D eigenvalue weighted by molar-refractivity contribution is -0.137. The fourth-order valence-corrected chi connectivity index (χ4v) is 3.22. The van der Waals surface area contributed by atoms with E-state index in [1.807, 2.05) is 4.90 Å². The quantitative estimate of drug-likeness (QED) is 0.792. The predicted octanol–water partition coefficient (Wildman–Crippen LogP) is 0.150. The van der Waals surface area contributed by atoms with Gasteiger partial charge in [0.1, 0.15) is 0 Å². The zero-order chi connectivity index (χ0) is 13.8. The van der Waals surface area contributed by atoms with E-state index < -0.39 is 0 Å². The number of likely N-dealkylation sites (tertiary alicyclic amines) is 1. The number of ether oxygens (including phenoxy) is 1. The maximum Gasteiger partial charge on any atom is 0.236 e. The summed E-state index contributed by atoms with van der Waals surface area (Å²) in [7, 11) is 0. The Hall–Kier alpha value is -0.650. The highest BCUT2D eigenvalue weighted by Gasteiger charge is 2.28. The van der Waals surface area contributed by atoms with E-state index in [0.29, 0.717) is 31.5 Å². The van der Waals surface area contributed by atoms with E-state index in [4.69, 9.17) is 10.5 Å². The summed E-state index contributed by atoms with van der Waals surface area (Å²) in [6.07, 6.45) is 1.32.